The molecular formula is C9H12ClNO. The van der Waals surface area contributed by atoms with E-state index in [1.807, 2.05) is 20.8 Å². The van der Waals surface area contributed by atoms with E-state index >= 15 is 0 Å². The first-order chi connectivity index (χ1) is 5.57. The molecule has 0 aliphatic heterocycles. The van der Waals surface area contributed by atoms with E-state index in [4.69, 9.17) is 11.6 Å². The van der Waals surface area contributed by atoms with Gasteiger partial charge in [0, 0.05) is 5.69 Å². The van der Waals surface area contributed by atoms with Crippen LogP contribution in [-0.2, 0) is 6.42 Å². The summed E-state index contributed by atoms with van der Waals surface area (Å²) in [6.45, 7) is 5.95. The van der Waals surface area contributed by atoms with Gasteiger partial charge in [0.1, 0.15) is 5.69 Å². The average molecular weight is 186 g/mol. The van der Waals surface area contributed by atoms with Gasteiger partial charge in [-0.05, 0) is 43.0 Å². The summed E-state index contributed by atoms with van der Waals surface area (Å²) in [5.41, 5.74) is 3.75. The molecule has 12 heavy (non-hydrogen) atoms. The van der Waals surface area contributed by atoms with Crippen LogP contribution in [0, 0.1) is 13.8 Å². The van der Waals surface area contributed by atoms with Crippen molar-refractivity contribution >= 4 is 16.8 Å². The van der Waals surface area contributed by atoms with Crippen molar-refractivity contribution in [2.24, 2.45) is 0 Å². The smallest absolute Gasteiger partial charge is 0.268 e. The Bertz CT molecular complexity index is 315. The number of aromatic amines is 1. The number of H-pyrrole nitrogens is 1. The quantitative estimate of drug-likeness (QED) is 0.706. The highest BCUT2D eigenvalue weighted by Gasteiger charge is 2.14. The predicted octanol–water partition coefficient (Wildman–Crippen LogP) is 2.57. The van der Waals surface area contributed by atoms with Gasteiger partial charge in [-0.2, -0.15) is 0 Å². The molecule has 3 heteroatoms. The summed E-state index contributed by atoms with van der Waals surface area (Å²) in [6, 6.07) is 0. The molecule has 0 unspecified atom stereocenters. The number of nitrogens with one attached hydrogen (secondary N) is 1. The lowest BCUT2D eigenvalue weighted by Gasteiger charge is -1.95. The van der Waals surface area contributed by atoms with E-state index in [0.717, 1.165) is 23.2 Å². The molecule has 0 aliphatic rings. The van der Waals surface area contributed by atoms with E-state index in [0.29, 0.717) is 5.69 Å². The molecule has 2 nitrogen and oxygen atoms in total. The lowest BCUT2D eigenvalue weighted by molar-refractivity contribution is 0.107. The Balaban J connectivity index is 3.29. The maximum absolute atomic E-state index is 10.9. The Hall–Kier alpha value is -0.760. The predicted molar refractivity (Wildman–Crippen MR) is 49.8 cm³/mol. The summed E-state index contributed by atoms with van der Waals surface area (Å²) in [6.07, 6.45) is 0.837. The van der Waals surface area contributed by atoms with Gasteiger partial charge in [0.2, 0.25) is 0 Å². The van der Waals surface area contributed by atoms with E-state index in [9.17, 15) is 4.79 Å². The monoisotopic (exact) mass is 185 g/mol. The first-order valence-electron chi connectivity index (χ1n) is 3.95. The lowest BCUT2D eigenvalue weighted by atomic mass is 10.1. The van der Waals surface area contributed by atoms with Gasteiger partial charge in [0.05, 0.1) is 0 Å². The molecule has 0 aromatic carbocycles. The maximum Gasteiger partial charge on any atom is 0.268 e. The van der Waals surface area contributed by atoms with Crippen LogP contribution in [0.1, 0.15) is 34.2 Å². The number of halogens is 1. The molecule has 0 bridgehead atoms. The topological polar surface area (TPSA) is 32.9 Å². The number of carbonyl (C=O) groups excluding carboxylic acids is 1. The van der Waals surface area contributed by atoms with E-state index in [-0.39, 0.29) is 0 Å². The van der Waals surface area contributed by atoms with Gasteiger partial charge in [-0.1, -0.05) is 6.92 Å². The van der Waals surface area contributed by atoms with Crippen molar-refractivity contribution in [1.29, 1.82) is 0 Å². The molecular weight excluding hydrogens is 174 g/mol. The first kappa shape index (κ1) is 9.33. The Labute approximate surface area is 76.9 Å². The molecule has 1 aromatic heterocycles. The molecule has 0 atom stereocenters. The number of rotatable bonds is 2. The SMILES string of the molecule is CCc1c(C(=O)Cl)[nH]c(C)c1C. The number of hydrogen-bond donors (Lipinski definition) is 1. The zero-order valence-electron chi connectivity index (χ0n) is 7.49. The van der Waals surface area contributed by atoms with E-state index < -0.39 is 5.24 Å². The second-order valence-electron chi connectivity index (χ2n) is 2.86. The highest BCUT2D eigenvalue weighted by Crippen LogP contribution is 2.19. The van der Waals surface area contributed by atoms with E-state index in [1.165, 1.54) is 0 Å². The molecule has 0 amide bonds. The number of carbonyl (C=O) groups is 1. The van der Waals surface area contributed by atoms with E-state index in [2.05, 4.69) is 4.98 Å². The fourth-order valence-electron chi connectivity index (χ4n) is 1.38. The van der Waals surface area contributed by atoms with E-state index in [1.54, 1.807) is 0 Å². The Morgan fingerprint density at radius 1 is 1.50 bits per heavy atom. The number of hydrogen-bond acceptors (Lipinski definition) is 1. The van der Waals surface area contributed by atoms with Crippen LogP contribution >= 0.6 is 11.6 Å². The molecule has 0 fully saturated rings. The van der Waals surface area contributed by atoms with Gasteiger partial charge >= 0.3 is 0 Å². The first-order valence-corrected chi connectivity index (χ1v) is 4.33. The van der Waals surface area contributed by atoms with Crippen molar-refractivity contribution in [3.8, 4) is 0 Å². The minimum atomic E-state index is -0.400. The third kappa shape index (κ3) is 1.39. The maximum atomic E-state index is 10.9. The van der Waals surface area contributed by atoms with Crippen LogP contribution in [0.5, 0.6) is 0 Å². The van der Waals surface area contributed by atoms with Crippen molar-refractivity contribution in [1.82, 2.24) is 4.98 Å². The summed E-state index contributed by atoms with van der Waals surface area (Å²) < 4.78 is 0. The fraction of sp³-hybridized carbons (Fsp3) is 0.444. The van der Waals surface area contributed by atoms with Crippen LogP contribution in [0.3, 0.4) is 0 Å². The summed E-state index contributed by atoms with van der Waals surface area (Å²) in [4.78, 5) is 13.9. The molecule has 0 saturated heterocycles. The van der Waals surface area contributed by atoms with Crippen LogP contribution in [0.25, 0.3) is 0 Å². The lowest BCUT2D eigenvalue weighted by Crippen LogP contribution is -1.94. The van der Waals surface area contributed by atoms with Crippen molar-refractivity contribution in [3.05, 3.63) is 22.5 Å². The molecule has 0 radical (unpaired) electrons. The summed E-state index contributed by atoms with van der Waals surface area (Å²) in [7, 11) is 0. The highest BCUT2D eigenvalue weighted by atomic mass is 35.5. The minimum absolute atomic E-state index is 0.400. The van der Waals surface area contributed by atoms with Gasteiger partial charge in [0.15, 0.2) is 0 Å². The molecule has 0 spiro atoms. The van der Waals surface area contributed by atoms with Crippen molar-refractivity contribution in [3.63, 3.8) is 0 Å². The molecule has 66 valence electrons. The fourth-order valence-corrected chi connectivity index (χ4v) is 1.54. The molecule has 0 saturated carbocycles. The van der Waals surface area contributed by atoms with Crippen LogP contribution < -0.4 is 0 Å². The molecule has 1 N–H and O–H groups in total. The van der Waals surface area contributed by atoms with Gasteiger partial charge in [-0.25, -0.2) is 0 Å². The third-order valence-corrected chi connectivity index (χ3v) is 2.37. The molecule has 1 heterocycles. The largest absolute Gasteiger partial charge is 0.355 e. The van der Waals surface area contributed by atoms with Crippen LogP contribution in [-0.4, -0.2) is 10.2 Å². The second kappa shape index (κ2) is 3.31. The molecule has 1 aromatic rings. The van der Waals surface area contributed by atoms with Crippen molar-refractivity contribution in [2.75, 3.05) is 0 Å². The number of aryl methyl sites for hydroxylation is 1. The summed E-state index contributed by atoms with van der Waals surface area (Å²) >= 11 is 5.40. The van der Waals surface area contributed by atoms with Gasteiger partial charge in [-0.3, -0.25) is 4.79 Å². The van der Waals surface area contributed by atoms with Crippen molar-refractivity contribution in [2.45, 2.75) is 27.2 Å². The molecule has 0 aliphatic carbocycles. The normalized spacial score (nSPS) is 10.3. The Kier molecular flexibility index (Phi) is 2.58. The Morgan fingerprint density at radius 2 is 2.08 bits per heavy atom. The average Bonchev–Trinajstić information content (AvgIpc) is 2.29. The zero-order valence-corrected chi connectivity index (χ0v) is 8.25. The third-order valence-electron chi connectivity index (χ3n) is 2.18. The van der Waals surface area contributed by atoms with Crippen LogP contribution in [0.15, 0.2) is 0 Å². The van der Waals surface area contributed by atoms with Crippen LogP contribution in [0.2, 0.25) is 0 Å². The summed E-state index contributed by atoms with van der Waals surface area (Å²) in [5.74, 6) is 0. The van der Waals surface area contributed by atoms with Gasteiger partial charge in [-0.15, -0.1) is 0 Å². The van der Waals surface area contributed by atoms with Crippen LogP contribution in [0.4, 0.5) is 0 Å². The number of aromatic nitrogens is 1. The Morgan fingerprint density at radius 3 is 2.42 bits per heavy atom. The van der Waals surface area contributed by atoms with Crippen molar-refractivity contribution < 1.29 is 4.79 Å². The molecule has 1 rings (SSSR count). The zero-order chi connectivity index (χ0) is 9.30. The summed E-state index contributed by atoms with van der Waals surface area (Å²) in [5, 5.41) is -0.400. The standard InChI is InChI=1S/C9H12ClNO/c1-4-7-5(2)6(3)11-8(7)9(10)12/h11H,4H2,1-3H3. The van der Waals surface area contributed by atoms with Gasteiger partial charge < -0.3 is 4.98 Å². The second-order valence-corrected chi connectivity index (χ2v) is 3.20. The highest BCUT2D eigenvalue weighted by molar-refractivity contribution is 6.67. The van der Waals surface area contributed by atoms with Gasteiger partial charge in [0.25, 0.3) is 5.24 Å². The minimum Gasteiger partial charge on any atom is -0.355 e.